The molecule has 0 bridgehead atoms. The van der Waals surface area contributed by atoms with Crippen LogP contribution in [0.4, 0.5) is 16.0 Å². The Hall–Kier alpha value is -3.20. The van der Waals surface area contributed by atoms with E-state index in [2.05, 4.69) is 39.0 Å². The van der Waals surface area contributed by atoms with Gasteiger partial charge in [0.1, 0.15) is 5.82 Å². The second kappa shape index (κ2) is 9.45. The number of hydrogen-bond acceptors (Lipinski definition) is 7. The Bertz CT molecular complexity index is 1360. The number of pyridine rings is 1. The van der Waals surface area contributed by atoms with E-state index in [1.165, 1.54) is 23.7 Å². The van der Waals surface area contributed by atoms with Gasteiger partial charge in [-0.3, -0.25) is 4.31 Å². The molecule has 10 heteroatoms. The van der Waals surface area contributed by atoms with Crippen LogP contribution in [0.3, 0.4) is 0 Å². The zero-order valence-corrected chi connectivity index (χ0v) is 21.2. The number of rotatable bonds is 9. The number of halogens is 1. The molecule has 3 N–H and O–H groups in total. The Kier molecular flexibility index (Phi) is 6.73. The monoisotopic (exact) mass is 498 g/mol. The van der Waals surface area contributed by atoms with E-state index in [1.807, 2.05) is 30.3 Å². The van der Waals surface area contributed by atoms with Crippen molar-refractivity contribution in [3.05, 3.63) is 60.2 Å². The number of nitrogens with one attached hydrogen (secondary N) is 1. The first-order valence-corrected chi connectivity index (χ1v) is 13.3. The molecule has 35 heavy (non-hydrogen) atoms. The molecule has 1 aromatic carbocycles. The van der Waals surface area contributed by atoms with Crippen molar-refractivity contribution in [1.82, 2.24) is 15.2 Å². The second-order valence-corrected chi connectivity index (χ2v) is 11.9. The van der Waals surface area contributed by atoms with Crippen LogP contribution in [-0.4, -0.2) is 44.3 Å². The number of anilines is 2. The molecule has 4 atom stereocenters. The molecule has 8 nitrogen and oxygen atoms in total. The van der Waals surface area contributed by atoms with Crippen molar-refractivity contribution in [2.45, 2.75) is 32.2 Å². The highest BCUT2D eigenvalue weighted by Crippen LogP contribution is 2.38. The van der Waals surface area contributed by atoms with E-state index in [4.69, 9.17) is 10.2 Å². The Morgan fingerprint density at radius 1 is 1.37 bits per heavy atom. The van der Waals surface area contributed by atoms with Crippen LogP contribution in [0.15, 0.2) is 47.4 Å². The summed E-state index contributed by atoms with van der Waals surface area (Å²) in [5, 5.41) is 13.9. The van der Waals surface area contributed by atoms with Crippen molar-refractivity contribution >= 4 is 26.4 Å². The zero-order chi connectivity index (χ0) is 25.4. The van der Waals surface area contributed by atoms with Gasteiger partial charge in [0.05, 0.1) is 20.8 Å². The highest BCUT2D eigenvalue weighted by atomic mass is 32.2. The van der Waals surface area contributed by atoms with Crippen molar-refractivity contribution in [2.75, 3.05) is 29.5 Å². The van der Waals surface area contributed by atoms with Crippen molar-refractivity contribution in [3.8, 4) is 11.5 Å². The summed E-state index contributed by atoms with van der Waals surface area (Å²) in [6, 6.07) is 11.2. The number of nitrogens with two attached hydrogens (primary N) is 1. The predicted molar refractivity (Wildman–Crippen MR) is 138 cm³/mol. The summed E-state index contributed by atoms with van der Waals surface area (Å²) in [5.41, 5.74) is 6.60. The Morgan fingerprint density at radius 3 is 2.69 bits per heavy atom. The summed E-state index contributed by atoms with van der Waals surface area (Å²) in [5.74, 6) is 0.877. The molecule has 1 aliphatic carbocycles. The van der Waals surface area contributed by atoms with Gasteiger partial charge in [0.25, 0.3) is 5.89 Å². The maximum absolute atomic E-state index is 15.7. The molecule has 0 amide bonds. The van der Waals surface area contributed by atoms with Crippen LogP contribution in [0.1, 0.15) is 31.7 Å². The van der Waals surface area contributed by atoms with Gasteiger partial charge in [-0.2, -0.15) is 0 Å². The summed E-state index contributed by atoms with van der Waals surface area (Å²) in [6.07, 6.45) is 3.01. The lowest BCUT2D eigenvalue weighted by Gasteiger charge is -2.21. The molecule has 186 valence electrons. The normalized spacial score (nSPS) is 20.4. The third kappa shape index (κ3) is 5.40. The van der Waals surface area contributed by atoms with Crippen LogP contribution in [0.2, 0.25) is 0 Å². The molecular weight excluding hydrogens is 467 g/mol. The lowest BCUT2D eigenvalue weighted by molar-refractivity contribution is 0.355. The fraction of sp³-hybridized carbons (Fsp3) is 0.400. The maximum atomic E-state index is 15.7. The van der Waals surface area contributed by atoms with Crippen LogP contribution in [0.5, 0.6) is 0 Å². The Balaban J connectivity index is 1.71. The number of aromatic nitrogens is 3. The minimum atomic E-state index is -2.86. The molecule has 4 rings (SSSR count). The Morgan fingerprint density at radius 2 is 2.06 bits per heavy atom. The molecule has 2 heterocycles. The first-order chi connectivity index (χ1) is 16.5. The average Bonchev–Trinajstić information content (AvgIpc) is 3.30. The first-order valence-electron chi connectivity index (χ1n) is 11.4. The van der Waals surface area contributed by atoms with Gasteiger partial charge >= 0.3 is 0 Å². The van der Waals surface area contributed by atoms with E-state index >= 15 is 4.39 Å². The average molecular weight is 499 g/mol. The summed E-state index contributed by atoms with van der Waals surface area (Å²) >= 11 is 0. The van der Waals surface area contributed by atoms with E-state index in [0.717, 1.165) is 12.0 Å². The molecule has 0 saturated heterocycles. The highest BCUT2D eigenvalue weighted by Gasteiger charge is 2.33. The van der Waals surface area contributed by atoms with Crippen molar-refractivity contribution in [2.24, 2.45) is 17.6 Å². The van der Waals surface area contributed by atoms with Crippen LogP contribution < -0.4 is 15.4 Å². The molecule has 2 aromatic heterocycles. The lowest BCUT2D eigenvalue weighted by Crippen LogP contribution is -2.35. The second-order valence-electron chi connectivity index (χ2n) is 9.48. The molecule has 3 unspecified atom stereocenters. The number of nitrogens with zero attached hydrogens (tertiary/aromatic N) is 4. The molecule has 1 fully saturated rings. The topological polar surface area (TPSA) is 110 Å². The van der Waals surface area contributed by atoms with E-state index < -0.39 is 21.1 Å². The maximum Gasteiger partial charge on any atom is 0.251 e. The molecule has 0 spiro atoms. The highest BCUT2D eigenvalue weighted by molar-refractivity contribution is 8.01. The minimum absolute atomic E-state index is 0.0349. The zero-order valence-electron chi connectivity index (χ0n) is 20.4. The lowest BCUT2D eigenvalue weighted by atomic mass is 9.94. The van der Waals surface area contributed by atoms with Gasteiger partial charge in [-0.05, 0) is 54.8 Å². The minimum Gasteiger partial charge on any atom is -0.419 e. The van der Waals surface area contributed by atoms with Gasteiger partial charge < -0.3 is 15.5 Å². The van der Waals surface area contributed by atoms with E-state index in [0.29, 0.717) is 30.6 Å². The van der Waals surface area contributed by atoms with Gasteiger partial charge in [-0.1, -0.05) is 37.3 Å². The third-order valence-electron chi connectivity index (χ3n) is 6.41. The SMILES string of the molecule is C=C=S(C)(=O)N(C)c1nc(NCC2CC2C)cc(-c2nnc([C@](C)(N)Cc3ccccc3)o2)c1F. The summed E-state index contributed by atoms with van der Waals surface area (Å²) in [4.78, 5) is 4.39. The van der Waals surface area contributed by atoms with E-state index in [-0.39, 0.29) is 23.2 Å². The summed E-state index contributed by atoms with van der Waals surface area (Å²) in [6.45, 7) is 8.16. The Labute approximate surface area is 205 Å². The molecule has 3 aromatic rings. The van der Waals surface area contributed by atoms with Gasteiger partial charge in [0.15, 0.2) is 11.6 Å². The van der Waals surface area contributed by atoms with Gasteiger partial charge in [-0.15, -0.1) is 10.2 Å². The third-order valence-corrected chi connectivity index (χ3v) is 8.16. The predicted octanol–water partition coefficient (Wildman–Crippen LogP) is 3.61. The fourth-order valence-electron chi connectivity index (χ4n) is 3.81. The molecule has 0 radical (unpaired) electrons. The standard InChI is InChI=1S/C25H31FN6O2S/c1-6-35(5,33)32(4)22-21(26)19(13-20(29-22)28-15-18-12-16(18)2)23-30-31-24(34-23)25(3,27)14-17-10-8-7-9-11-17/h7-11,13,16,18H,1,12,14-15,27H2,2-5H3,(H,28,29)/t16?,18?,25-,35?/m1/s1. The number of benzene rings is 1. The van der Waals surface area contributed by atoms with Crippen LogP contribution >= 0.6 is 0 Å². The van der Waals surface area contributed by atoms with Gasteiger partial charge in [0, 0.05) is 19.8 Å². The molecular formula is C25H31FN6O2S. The first kappa shape index (κ1) is 24.9. The van der Waals surface area contributed by atoms with Crippen LogP contribution in [-0.2, 0) is 21.7 Å². The largest absolute Gasteiger partial charge is 0.419 e. The van der Waals surface area contributed by atoms with Gasteiger partial charge in [-0.25, -0.2) is 13.6 Å². The van der Waals surface area contributed by atoms with Crippen molar-refractivity contribution in [1.29, 1.82) is 0 Å². The smallest absolute Gasteiger partial charge is 0.251 e. The van der Waals surface area contributed by atoms with Crippen molar-refractivity contribution in [3.63, 3.8) is 0 Å². The van der Waals surface area contributed by atoms with Crippen molar-refractivity contribution < 1.29 is 13.0 Å². The van der Waals surface area contributed by atoms with E-state index in [1.54, 1.807) is 6.92 Å². The molecule has 0 aliphatic heterocycles. The quantitative estimate of drug-likeness (QED) is 0.434. The summed E-state index contributed by atoms with van der Waals surface area (Å²) in [7, 11) is -1.38. The molecule has 1 saturated carbocycles. The number of hydrogen-bond donors (Lipinski definition) is 2. The van der Waals surface area contributed by atoms with Crippen LogP contribution in [0, 0.1) is 17.7 Å². The van der Waals surface area contributed by atoms with Gasteiger partial charge in [0.2, 0.25) is 5.89 Å². The molecule has 1 aliphatic rings. The fourth-order valence-corrected chi connectivity index (χ4v) is 4.45. The van der Waals surface area contributed by atoms with Crippen LogP contribution in [0.25, 0.3) is 11.5 Å². The van der Waals surface area contributed by atoms with E-state index in [9.17, 15) is 4.21 Å². The summed E-state index contributed by atoms with van der Waals surface area (Å²) < 4.78 is 35.7.